The monoisotopic (exact) mass is 393 g/mol. The minimum Gasteiger partial charge on any atom is -0.493 e. The van der Waals surface area contributed by atoms with E-state index in [9.17, 15) is 0 Å². The number of halogens is 1. The second-order valence-corrected chi connectivity index (χ2v) is 8.54. The van der Waals surface area contributed by atoms with E-state index in [0.29, 0.717) is 12.0 Å². The number of ether oxygens (including phenoxy) is 3. The Morgan fingerprint density at radius 2 is 2.12 bits per heavy atom. The maximum absolute atomic E-state index is 6.53. The number of benzene rings is 1. The van der Waals surface area contributed by atoms with Crippen molar-refractivity contribution in [1.82, 2.24) is 4.90 Å². The zero-order valence-electron chi connectivity index (χ0n) is 14.4. The molecule has 0 amide bonds. The van der Waals surface area contributed by atoms with E-state index < -0.39 is 0 Å². The predicted molar refractivity (Wildman–Crippen MR) is 97.2 cm³/mol. The lowest BCUT2D eigenvalue weighted by Crippen LogP contribution is -2.63. The standard InChI is InChI=1S/C19H24BrNO3/c1-21-9-8-19(20)13-5-7-16(23-3)18(19)24-17-11-12(10-14(13)21)4-6-15(17)22-2/h4-7,11,13-14,16,18H,8-10H2,1-3H3/t13-,14-,16+,18-,19+/m1/s1. The Morgan fingerprint density at radius 1 is 1.29 bits per heavy atom. The van der Waals surface area contributed by atoms with Gasteiger partial charge in [-0.1, -0.05) is 34.1 Å². The number of methoxy groups -OCH3 is 2. The van der Waals surface area contributed by atoms with Crippen molar-refractivity contribution in [3.05, 3.63) is 35.9 Å². The summed E-state index contributed by atoms with van der Waals surface area (Å²) < 4.78 is 17.7. The SMILES string of the molecule is COc1ccc2cc1O[C@@H]1[C@@H](OC)C=C[C@@H]3[C@@H](C2)N(C)CC[C@]31Br. The summed E-state index contributed by atoms with van der Waals surface area (Å²) in [5.74, 6) is 1.97. The highest BCUT2D eigenvalue weighted by Gasteiger charge is 2.55. The molecule has 5 heteroatoms. The zero-order valence-corrected chi connectivity index (χ0v) is 16.0. The third kappa shape index (κ3) is 2.40. The molecule has 4 nitrogen and oxygen atoms in total. The zero-order chi connectivity index (χ0) is 16.9. The van der Waals surface area contributed by atoms with Crippen LogP contribution in [0.15, 0.2) is 30.4 Å². The van der Waals surface area contributed by atoms with Gasteiger partial charge in [0.1, 0.15) is 12.2 Å². The molecule has 0 spiro atoms. The van der Waals surface area contributed by atoms with E-state index in [-0.39, 0.29) is 16.5 Å². The average Bonchev–Trinajstić information content (AvgIpc) is 2.60. The van der Waals surface area contributed by atoms with Gasteiger partial charge in [0.25, 0.3) is 0 Å². The van der Waals surface area contributed by atoms with Gasteiger partial charge >= 0.3 is 0 Å². The minimum atomic E-state index is -0.128. The molecule has 6 bridgehead atoms. The number of hydrogen-bond acceptors (Lipinski definition) is 4. The molecule has 2 aliphatic heterocycles. The van der Waals surface area contributed by atoms with Gasteiger partial charge in [-0.25, -0.2) is 0 Å². The van der Waals surface area contributed by atoms with E-state index in [0.717, 1.165) is 30.9 Å². The van der Waals surface area contributed by atoms with Gasteiger partial charge in [0.2, 0.25) is 0 Å². The number of alkyl halides is 1. The molecule has 5 atom stereocenters. The van der Waals surface area contributed by atoms with Crippen LogP contribution >= 0.6 is 15.9 Å². The highest BCUT2D eigenvalue weighted by atomic mass is 79.9. The summed E-state index contributed by atoms with van der Waals surface area (Å²) in [7, 11) is 5.67. The third-order valence-corrected chi connectivity index (χ3v) is 7.24. The van der Waals surface area contributed by atoms with Gasteiger partial charge < -0.3 is 19.1 Å². The van der Waals surface area contributed by atoms with Crippen LogP contribution in [-0.4, -0.2) is 55.3 Å². The summed E-state index contributed by atoms with van der Waals surface area (Å²) in [6, 6.07) is 6.74. The largest absolute Gasteiger partial charge is 0.493 e. The Balaban J connectivity index is 1.88. The van der Waals surface area contributed by atoms with Gasteiger partial charge in [0, 0.05) is 19.1 Å². The summed E-state index contributed by atoms with van der Waals surface area (Å²) in [6.45, 7) is 1.05. The Hall–Kier alpha value is -1.04. The van der Waals surface area contributed by atoms with E-state index in [4.69, 9.17) is 14.2 Å². The highest BCUT2D eigenvalue weighted by Crippen LogP contribution is 2.50. The second-order valence-electron chi connectivity index (χ2n) is 7.06. The molecule has 1 fully saturated rings. The first-order valence-electron chi connectivity index (χ1n) is 8.50. The molecule has 0 unspecified atom stereocenters. The number of likely N-dealkylation sites (tertiary alicyclic amines) is 1. The minimum absolute atomic E-state index is 0.0730. The summed E-state index contributed by atoms with van der Waals surface area (Å²) in [4.78, 5) is 2.48. The van der Waals surface area contributed by atoms with E-state index in [1.54, 1.807) is 14.2 Å². The molecule has 1 saturated heterocycles. The first-order chi connectivity index (χ1) is 11.6. The van der Waals surface area contributed by atoms with Crippen molar-refractivity contribution < 1.29 is 14.2 Å². The van der Waals surface area contributed by atoms with Crippen molar-refractivity contribution in [2.75, 3.05) is 27.8 Å². The van der Waals surface area contributed by atoms with E-state index >= 15 is 0 Å². The van der Waals surface area contributed by atoms with E-state index in [1.165, 1.54) is 5.56 Å². The van der Waals surface area contributed by atoms with Crippen LogP contribution in [0.3, 0.4) is 0 Å². The average molecular weight is 394 g/mol. The topological polar surface area (TPSA) is 30.9 Å². The first-order valence-corrected chi connectivity index (χ1v) is 9.30. The maximum atomic E-state index is 6.53. The van der Waals surface area contributed by atoms with Crippen molar-refractivity contribution in [2.45, 2.75) is 35.4 Å². The molecule has 0 aromatic heterocycles. The fourth-order valence-corrected chi connectivity index (χ4v) is 5.46. The number of fused-ring (bicyclic) bond motifs is 2. The molecular weight excluding hydrogens is 370 g/mol. The molecule has 0 N–H and O–H groups in total. The van der Waals surface area contributed by atoms with Crippen LogP contribution in [0, 0.1) is 5.92 Å². The van der Waals surface area contributed by atoms with Crippen molar-refractivity contribution in [3.8, 4) is 11.5 Å². The molecular formula is C19H24BrNO3. The number of hydrogen-bond donors (Lipinski definition) is 0. The molecule has 24 heavy (non-hydrogen) atoms. The summed E-state index contributed by atoms with van der Waals surface area (Å²) in [6.07, 6.45) is 6.36. The number of likely N-dealkylation sites (N-methyl/N-ethyl adjacent to an activating group) is 1. The molecule has 4 rings (SSSR count). The van der Waals surface area contributed by atoms with Crippen molar-refractivity contribution in [2.24, 2.45) is 5.92 Å². The molecule has 2 heterocycles. The van der Waals surface area contributed by atoms with Crippen LogP contribution in [0.25, 0.3) is 0 Å². The molecule has 1 aliphatic carbocycles. The normalized spacial score (nSPS) is 37.8. The van der Waals surface area contributed by atoms with E-state index in [1.807, 2.05) is 6.07 Å². The fraction of sp³-hybridized carbons (Fsp3) is 0.579. The van der Waals surface area contributed by atoms with Gasteiger partial charge in [-0.05, 0) is 44.1 Å². The number of piperidine rings is 1. The van der Waals surface area contributed by atoms with Gasteiger partial charge in [-0.2, -0.15) is 0 Å². The molecule has 0 saturated carbocycles. The van der Waals surface area contributed by atoms with E-state index in [2.05, 4.69) is 52.2 Å². The van der Waals surface area contributed by atoms with Crippen LogP contribution in [0.4, 0.5) is 0 Å². The summed E-state index contributed by atoms with van der Waals surface area (Å²) in [5, 5.41) is 0. The van der Waals surface area contributed by atoms with Crippen LogP contribution < -0.4 is 9.47 Å². The first kappa shape index (κ1) is 16.4. The van der Waals surface area contributed by atoms with Crippen molar-refractivity contribution >= 4 is 15.9 Å². The van der Waals surface area contributed by atoms with Gasteiger partial charge in [-0.3, -0.25) is 0 Å². The van der Waals surface area contributed by atoms with Crippen LogP contribution in [-0.2, 0) is 11.2 Å². The van der Waals surface area contributed by atoms with Gasteiger partial charge in [0.05, 0.1) is 11.4 Å². The lowest BCUT2D eigenvalue weighted by atomic mass is 9.70. The Bertz CT molecular complexity index is 664. The van der Waals surface area contributed by atoms with Crippen LogP contribution in [0.1, 0.15) is 12.0 Å². The summed E-state index contributed by atoms with van der Waals surface area (Å²) >= 11 is 4.11. The number of nitrogens with zero attached hydrogens (tertiary/aromatic N) is 1. The highest BCUT2D eigenvalue weighted by molar-refractivity contribution is 9.10. The van der Waals surface area contributed by atoms with Crippen molar-refractivity contribution in [3.63, 3.8) is 0 Å². The Morgan fingerprint density at radius 3 is 2.88 bits per heavy atom. The fourth-order valence-electron chi connectivity index (χ4n) is 4.47. The predicted octanol–water partition coefficient (Wildman–Crippen LogP) is 3.04. The molecule has 1 aromatic rings. The third-order valence-electron chi connectivity index (χ3n) is 5.86. The quantitative estimate of drug-likeness (QED) is 0.570. The van der Waals surface area contributed by atoms with Gasteiger partial charge in [0.15, 0.2) is 11.5 Å². The maximum Gasteiger partial charge on any atom is 0.162 e. The Kier molecular flexibility index (Phi) is 4.14. The van der Waals surface area contributed by atoms with Crippen LogP contribution in [0.5, 0.6) is 11.5 Å². The Labute approximate surface area is 151 Å². The summed E-state index contributed by atoms with van der Waals surface area (Å²) in [5.41, 5.74) is 1.29. The molecule has 130 valence electrons. The number of rotatable bonds is 2. The van der Waals surface area contributed by atoms with Crippen LogP contribution in [0.2, 0.25) is 0 Å². The van der Waals surface area contributed by atoms with Gasteiger partial charge in [-0.15, -0.1) is 0 Å². The van der Waals surface area contributed by atoms with Crippen molar-refractivity contribution in [1.29, 1.82) is 0 Å². The smallest absolute Gasteiger partial charge is 0.162 e. The lowest BCUT2D eigenvalue weighted by molar-refractivity contribution is -0.0326. The molecule has 0 radical (unpaired) electrons. The molecule has 3 aliphatic rings. The molecule has 1 aromatic carbocycles. The lowest BCUT2D eigenvalue weighted by Gasteiger charge is -2.53. The second kappa shape index (κ2) is 6.04.